The first-order valence-corrected chi connectivity index (χ1v) is 13.8. The van der Waals surface area contributed by atoms with Crippen LogP contribution in [0.25, 0.3) is 11.4 Å². The Bertz CT molecular complexity index is 1540. The van der Waals surface area contributed by atoms with Crippen LogP contribution in [0.3, 0.4) is 0 Å². The number of sulfonamides is 2. The van der Waals surface area contributed by atoms with Gasteiger partial charge in [0.1, 0.15) is 12.4 Å². The molecule has 0 aliphatic heterocycles. The van der Waals surface area contributed by atoms with Crippen LogP contribution in [0, 0.1) is 0 Å². The lowest BCUT2D eigenvalue weighted by Gasteiger charge is -2.18. The largest absolute Gasteiger partial charge is 0.487 e. The monoisotopic (exact) mass is 527 g/mol. The van der Waals surface area contributed by atoms with Gasteiger partial charge >= 0.3 is 0 Å². The van der Waals surface area contributed by atoms with Crippen molar-refractivity contribution < 1.29 is 21.6 Å². The number of nitrogens with zero attached hydrogens (tertiary/aromatic N) is 3. The van der Waals surface area contributed by atoms with Crippen molar-refractivity contribution in [1.29, 1.82) is 0 Å². The van der Waals surface area contributed by atoms with Crippen LogP contribution in [0.2, 0.25) is 0 Å². The lowest BCUT2D eigenvalue weighted by molar-refractivity contribution is 0.304. The molecule has 0 aliphatic carbocycles. The van der Waals surface area contributed by atoms with Crippen LogP contribution in [-0.2, 0) is 33.2 Å². The van der Waals surface area contributed by atoms with Crippen LogP contribution in [0.5, 0.6) is 5.75 Å². The van der Waals surface area contributed by atoms with E-state index < -0.39 is 20.0 Å². The molecule has 4 rings (SSSR count). The second-order valence-corrected chi connectivity index (χ2v) is 11.8. The van der Waals surface area contributed by atoms with E-state index in [1.54, 1.807) is 54.9 Å². The molecule has 2 N–H and O–H groups in total. The molecular formula is C24H25N5O5S2. The zero-order valence-electron chi connectivity index (χ0n) is 19.6. The fraction of sp³-hybridized carbons (Fsp3) is 0.167. The van der Waals surface area contributed by atoms with Gasteiger partial charge in [-0.25, -0.2) is 21.6 Å². The summed E-state index contributed by atoms with van der Waals surface area (Å²) in [4.78, 5) is 4.52. The third kappa shape index (κ3) is 5.79. The van der Waals surface area contributed by atoms with E-state index in [2.05, 4.69) is 19.9 Å². The van der Waals surface area contributed by atoms with Gasteiger partial charge in [0.25, 0.3) is 0 Å². The van der Waals surface area contributed by atoms with Crippen molar-refractivity contribution in [2.45, 2.75) is 22.9 Å². The molecule has 0 radical (unpaired) electrons. The highest BCUT2D eigenvalue weighted by Crippen LogP contribution is 2.21. The van der Waals surface area contributed by atoms with E-state index in [1.807, 2.05) is 6.07 Å². The molecule has 2 aromatic heterocycles. The van der Waals surface area contributed by atoms with Gasteiger partial charge in [-0.15, -0.1) is 0 Å². The Morgan fingerprint density at radius 1 is 0.944 bits per heavy atom. The highest BCUT2D eigenvalue weighted by Gasteiger charge is 2.22. The average molecular weight is 528 g/mol. The molecule has 10 nitrogen and oxygen atoms in total. The molecule has 0 amide bonds. The van der Waals surface area contributed by atoms with E-state index in [4.69, 9.17) is 4.74 Å². The Kier molecular flexibility index (Phi) is 7.50. The Labute approximate surface area is 210 Å². The number of pyridine rings is 1. The van der Waals surface area contributed by atoms with Crippen molar-refractivity contribution in [3.8, 4) is 17.1 Å². The number of hydrogen-bond donors (Lipinski definition) is 2. The topological polar surface area (TPSA) is 134 Å². The Morgan fingerprint density at radius 2 is 1.67 bits per heavy atom. The fourth-order valence-electron chi connectivity index (χ4n) is 3.44. The lowest BCUT2D eigenvalue weighted by atomic mass is 10.2. The minimum Gasteiger partial charge on any atom is -0.487 e. The molecule has 0 unspecified atom stereocenters. The number of benzene rings is 2. The summed E-state index contributed by atoms with van der Waals surface area (Å²) in [5.41, 5.74) is 2.73. The summed E-state index contributed by atoms with van der Waals surface area (Å²) < 4.78 is 59.7. The third-order valence-corrected chi connectivity index (χ3v) is 8.62. The van der Waals surface area contributed by atoms with Crippen molar-refractivity contribution in [1.82, 2.24) is 24.2 Å². The molecule has 12 heteroatoms. The van der Waals surface area contributed by atoms with Crippen molar-refractivity contribution >= 4 is 20.0 Å². The van der Waals surface area contributed by atoms with E-state index in [1.165, 1.54) is 36.6 Å². The van der Waals surface area contributed by atoms with E-state index in [0.717, 1.165) is 11.4 Å². The highest BCUT2D eigenvalue weighted by molar-refractivity contribution is 7.89. The maximum atomic E-state index is 13.2. The molecule has 188 valence electrons. The predicted molar refractivity (Wildman–Crippen MR) is 134 cm³/mol. The summed E-state index contributed by atoms with van der Waals surface area (Å²) in [6.07, 6.45) is 3.23. The molecule has 0 fully saturated rings. The standard InChI is InChI=1S/C24H25N5O5S2/c1-25-35(30,31)21-7-3-5-18(13-21)16-29(2)36(32,33)22-8-4-6-19(14-22)17-34-20-9-10-23(26-15-20)24-11-12-27-28-24/h3-15,25H,16-17H2,1-2H3,(H,27,28). The highest BCUT2D eigenvalue weighted by atomic mass is 32.2. The van der Waals surface area contributed by atoms with Crippen molar-refractivity contribution in [2.24, 2.45) is 0 Å². The molecule has 0 saturated carbocycles. The van der Waals surface area contributed by atoms with Gasteiger partial charge in [0.2, 0.25) is 20.0 Å². The number of H-pyrrole nitrogens is 1. The SMILES string of the molecule is CNS(=O)(=O)c1cccc(CN(C)S(=O)(=O)c2cccc(COc3ccc(-c4ccn[nH]4)nc3)c2)c1. The summed E-state index contributed by atoms with van der Waals surface area (Å²) in [5.74, 6) is 0.542. The summed E-state index contributed by atoms with van der Waals surface area (Å²) >= 11 is 0. The molecule has 0 saturated heterocycles. The minimum atomic E-state index is -3.84. The van der Waals surface area contributed by atoms with Crippen LogP contribution < -0.4 is 9.46 Å². The number of aromatic amines is 1. The van der Waals surface area contributed by atoms with Gasteiger partial charge < -0.3 is 4.74 Å². The zero-order valence-corrected chi connectivity index (χ0v) is 21.3. The van der Waals surface area contributed by atoms with Gasteiger partial charge in [0.05, 0.1) is 27.4 Å². The van der Waals surface area contributed by atoms with Crippen LogP contribution in [0.1, 0.15) is 11.1 Å². The summed E-state index contributed by atoms with van der Waals surface area (Å²) in [7, 11) is -4.70. The molecule has 36 heavy (non-hydrogen) atoms. The molecule has 0 bridgehead atoms. The molecule has 0 atom stereocenters. The van der Waals surface area contributed by atoms with E-state index in [0.29, 0.717) is 16.9 Å². The number of aromatic nitrogens is 3. The zero-order chi connectivity index (χ0) is 25.8. The maximum absolute atomic E-state index is 13.2. The van der Waals surface area contributed by atoms with Crippen molar-refractivity contribution in [2.75, 3.05) is 14.1 Å². The van der Waals surface area contributed by atoms with E-state index in [-0.39, 0.29) is 22.9 Å². The van der Waals surface area contributed by atoms with Gasteiger partial charge in [-0.3, -0.25) is 10.1 Å². The first-order chi connectivity index (χ1) is 17.2. The molecule has 0 spiro atoms. The van der Waals surface area contributed by atoms with Gasteiger partial charge in [-0.2, -0.15) is 9.40 Å². The van der Waals surface area contributed by atoms with E-state index in [9.17, 15) is 16.8 Å². The molecule has 2 aromatic carbocycles. The third-order valence-electron chi connectivity index (χ3n) is 5.41. The quantitative estimate of drug-likeness (QED) is 0.324. The number of rotatable bonds is 10. The summed E-state index contributed by atoms with van der Waals surface area (Å²) in [6.45, 7) is 0.159. The molecular weight excluding hydrogens is 502 g/mol. The molecule has 0 aliphatic rings. The summed E-state index contributed by atoms with van der Waals surface area (Å²) in [6, 6.07) is 18.0. The van der Waals surface area contributed by atoms with Crippen LogP contribution in [0.4, 0.5) is 0 Å². The first kappa shape index (κ1) is 25.5. The number of ether oxygens (including phenoxy) is 1. The predicted octanol–water partition coefficient (Wildman–Crippen LogP) is 2.78. The van der Waals surface area contributed by atoms with Gasteiger partial charge in [-0.05, 0) is 60.6 Å². The minimum absolute atomic E-state index is 0.00445. The van der Waals surface area contributed by atoms with Crippen molar-refractivity contribution in [3.63, 3.8) is 0 Å². The summed E-state index contributed by atoms with van der Waals surface area (Å²) in [5, 5.41) is 6.75. The Morgan fingerprint density at radius 3 is 2.33 bits per heavy atom. The number of nitrogens with one attached hydrogen (secondary N) is 2. The average Bonchev–Trinajstić information content (AvgIpc) is 3.43. The van der Waals surface area contributed by atoms with Crippen molar-refractivity contribution in [3.05, 3.63) is 90.3 Å². The van der Waals surface area contributed by atoms with Gasteiger partial charge in [-0.1, -0.05) is 24.3 Å². The van der Waals surface area contributed by atoms with Crippen LogP contribution in [-0.4, -0.2) is 50.4 Å². The van der Waals surface area contributed by atoms with Crippen LogP contribution >= 0.6 is 0 Å². The second kappa shape index (κ2) is 10.6. The Balaban J connectivity index is 1.44. The van der Waals surface area contributed by atoms with Gasteiger partial charge in [0, 0.05) is 19.8 Å². The smallest absolute Gasteiger partial charge is 0.243 e. The van der Waals surface area contributed by atoms with E-state index >= 15 is 0 Å². The van der Waals surface area contributed by atoms with Crippen LogP contribution in [0.15, 0.2) is 88.9 Å². The molecule has 4 aromatic rings. The molecule has 2 heterocycles. The normalized spacial score (nSPS) is 12.1. The van der Waals surface area contributed by atoms with Gasteiger partial charge in [0.15, 0.2) is 0 Å². The maximum Gasteiger partial charge on any atom is 0.243 e. The lowest BCUT2D eigenvalue weighted by Crippen LogP contribution is -2.27. The number of hydrogen-bond acceptors (Lipinski definition) is 7. The second-order valence-electron chi connectivity index (χ2n) is 7.90. The Hall–Kier alpha value is -3.58. The fourth-order valence-corrected chi connectivity index (χ4v) is 5.47. The first-order valence-electron chi connectivity index (χ1n) is 10.9.